The number of carboxylic acid groups (broad SMARTS) is 1. The molecular weight excluding hydrogens is 268 g/mol. The molecule has 110 valence electrons. The number of ether oxygens (including phenoxy) is 1. The number of carboxylic acids is 1. The molecule has 1 heterocycles. The summed E-state index contributed by atoms with van der Waals surface area (Å²) in [6.07, 6.45) is 3.01. The first-order valence-corrected chi connectivity index (χ1v) is 5.84. The number of carbonyl (C=O) groups excluding carboxylic acids is 2. The number of methoxy groups -OCH3 is 1. The summed E-state index contributed by atoms with van der Waals surface area (Å²) in [7, 11) is 1.21. The second-order valence-corrected chi connectivity index (χ2v) is 3.94. The van der Waals surface area contributed by atoms with Gasteiger partial charge in [-0.2, -0.15) is 5.10 Å². The van der Waals surface area contributed by atoms with Crippen molar-refractivity contribution in [2.45, 2.75) is 25.4 Å². The van der Waals surface area contributed by atoms with Crippen LogP contribution in [0.15, 0.2) is 12.4 Å². The average molecular weight is 284 g/mol. The third kappa shape index (κ3) is 5.38. The standard InChI is InChI=1S/C11H16N4O5/c1-20-9(16)3-2-8(10(17)18)15-11(19)12-4-7-5-13-14-6-7/h5-6,8H,2-4H2,1H3,(H,13,14)(H,17,18)(H2,12,15,19)/t8-/m0/s1. The van der Waals surface area contributed by atoms with Crippen molar-refractivity contribution in [1.82, 2.24) is 20.8 Å². The molecule has 0 fully saturated rings. The topological polar surface area (TPSA) is 133 Å². The monoisotopic (exact) mass is 284 g/mol. The van der Waals surface area contributed by atoms with Crippen LogP contribution in [0.5, 0.6) is 0 Å². The molecule has 2 amide bonds. The molecule has 0 unspecified atom stereocenters. The number of rotatable bonds is 7. The lowest BCUT2D eigenvalue weighted by Crippen LogP contribution is -2.46. The minimum atomic E-state index is -1.22. The zero-order chi connectivity index (χ0) is 15.0. The van der Waals surface area contributed by atoms with Crippen molar-refractivity contribution in [1.29, 1.82) is 0 Å². The number of urea groups is 1. The van der Waals surface area contributed by atoms with Crippen LogP contribution in [0.3, 0.4) is 0 Å². The SMILES string of the molecule is COC(=O)CC[C@H](NC(=O)NCc1cn[nH]c1)C(=O)O. The summed E-state index contributed by atoms with van der Waals surface area (Å²) in [5, 5.41) is 20.0. The number of esters is 1. The molecule has 0 spiro atoms. The molecule has 0 radical (unpaired) electrons. The van der Waals surface area contributed by atoms with Gasteiger partial charge in [0.25, 0.3) is 0 Å². The van der Waals surface area contributed by atoms with Gasteiger partial charge in [0.2, 0.25) is 0 Å². The number of H-pyrrole nitrogens is 1. The Bertz CT molecular complexity index is 459. The van der Waals surface area contributed by atoms with Crippen LogP contribution in [0.25, 0.3) is 0 Å². The minimum Gasteiger partial charge on any atom is -0.480 e. The smallest absolute Gasteiger partial charge is 0.326 e. The van der Waals surface area contributed by atoms with Crippen molar-refractivity contribution >= 4 is 18.0 Å². The number of amides is 2. The highest BCUT2D eigenvalue weighted by molar-refractivity contribution is 5.83. The van der Waals surface area contributed by atoms with E-state index in [9.17, 15) is 14.4 Å². The number of nitrogens with one attached hydrogen (secondary N) is 3. The molecule has 0 aliphatic heterocycles. The largest absolute Gasteiger partial charge is 0.480 e. The normalized spacial score (nSPS) is 11.4. The first-order valence-electron chi connectivity index (χ1n) is 5.84. The van der Waals surface area contributed by atoms with Crippen molar-refractivity contribution in [3.8, 4) is 0 Å². The Kier molecular flexibility index (Phi) is 6.01. The Morgan fingerprint density at radius 1 is 1.50 bits per heavy atom. The van der Waals surface area contributed by atoms with E-state index in [1.165, 1.54) is 13.3 Å². The molecule has 0 saturated carbocycles. The molecule has 0 aromatic carbocycles. The van der Waals surface area contributed by atoms with Gasteiger partial charge in [0.1, 0.15) is 6.04 Å². The average Bonchev–Trinajstić information content (AvgIpc) is 2.93. The molecule has 9 heteroatoms. The zero-order valence-corrected chi connectivity index (χ0v) is 10.9. The molecule has 9 nitrogen and oxygen atoms in total. The van der Waals surface area contributed by atoms with Crippen molar-refractivity contribution in [3.63, 3.8) is 0 Å². The lowest BCUT2D eigenvalue weighted by molar-refractivity contribution is -0.142. The van der Waals surface area contributed by atoms with Crippen molar-refractivity contribution < 1.29 is 24.2 Å². The van der Waals surface area contributed by atoms with Gasteiger partial charge in [-0.15, -0.1) is 0 Å². The van der Waals surface area contributed by atoms with Crippen LogP contribution in [0.2, 0.25) is 0 Å². The summed E-state index contributed by atoms with van der Waals surface area (Å²) in [6, 6.07) is -1.79. The van der Waals surface area contributed by atoms with Gasteiger partial charge in [-0.25, -0.2) is 9.59 Å². The van der Waals surface area contributed by atoms with Crippen LogP contribution >= 0.6 is 0 Å². The highest BCUT2D eigenvalue weighted by atomic mass is 16.5. The highest BCUT2D eigenvalue weighted by Gasteiger charge is 2.21. The first-order chi connectivity index (χ1) is 9.52. The predicted octanol–water partition coefficient (Wildman–Crippen LogP) is -0.385. The number of aliphatic carboxylic acids is 1. The summed E-state index contributed by atoms with van der Waals surface area (Å²) >= 11 is 0. The van der Waals surface area contributed by atoms with E-state index in [-0.39, 0.29) is 19.4 Å². The van der Waals surface area contributed by atoms with Gasteiger partial charge >= 0.3 is 18.0 Å². The van der Waals surface area contributed by atoms with Crippen LogP contribution in [0.4, 0.5) is 4.79 Å². The number of aromatic amines is 1. The maximum absolute atomic E-state index is 11.5. The second-order valence-electron chi connectivity index (χ2n) is 3.94. The van der Waals surface area contributed by atoms with Gasteiger partial charge in [-0.1, -0.05) is 0 Å². The fourth-order valence-corrected chi connectivity index (χ4v) is 1.39. The van der Waals surface area contributed by atoms with Crippen LogP contribution in [-0.2, 0) is 20.9 Å². The maximum Gasteiger partial charge on any atom is 0.326 e. The van der Waals surface area contributed by atoms with Crippen LogP contribution in [-0.4, -0.2) is 46.4 Å². The Labute approximate surface area is 114 Å². The summed E-state index contributed by atoms with van der Waals surface area (Å²) in [6.45, 7) is 0.214. The van der Waals surface area contributed by atoms with Gasteiger partial charge in [0, 0.05) is 24.7 Å². The number of carbonyl (C=O) groups is 3. The molecule has 1 rings (SSSR count). The molecule has 1 atom stereocenters. The van der Waals surface area contributed by atoms with Crippen molar-refractivity contribution in [2.75, 3.05) is 7.11 Å². The minimum absolute atomic E-state index is 0.0405. The van der Waals surface area contributed by atoms with E-state index in [1.807, 2.05) is 0 Å². The van der Waals surface area contributed by atoms with E-state index in [0.29, 0.717) is 0 Å². The van der Waals surface area contributed by atoms with Gasteiger partial charge in [-0.3, -0.25) is 9.89 Å². The fraction of sp³-hybridized carbons (Fsp3) is 0.455. The van der Waals surface area contributed by atoms with E-state index >= 15 is 0 Å². The van der Waals surface area contributed by atoms with Crippen LogP contribution < -0.4 is 10.6 Å². The number of hydrogen-bond acceptors (Lipinski definition) is 5. The summed E-state index contributed by atoms with van der Waals surface area (Å²) in [5.74, 6) is -1.75. The Hall–Kier alpha value is -2.58. The van der Waals surface area contributed by atoms with Gasteiger partial charge in [0.05, 0.1) is 13.3 Å². The lowest BCUT2D eigenvalue weighted by atomic mass is 10.1. The van der Waals surface area contributed by atoms with Gasteiger partial charge < -0.3 is 20.5 Å². The number of hydrogen-bond donors (Lipinski definition) is 4. The first kappa shape index (κ1) is 15.5. The quantitative estimate of drug-likeness (QED) is 0.504. The molecule has 4 N–H and O–H groups in total. The zero-order valence-electron chi connectivity index (χ0n) is 10.9. The number of aromatic nitrogens is 2. The molecule has 0 aliphatic carbocycles. The maximum atomic E-state index is 11.5. The lowest BCUT2D eigenvalue weighted by Gasteiger charge is -2.14. The van der Waals surface area contributed by atoms with E-state index in [1.54, 1.807) is 6.20 Å². The molecule has 1 aromatic rings. The second kappa shape index (κ2) is 7.77. The summed E-state index contributed by atoms with van der Waals surface area (Å²) in [4.78, 5) is 33.4. The third-order valence-corrected chi connectivity index (χ3v) is 2.48. The van der Waals surface area contributed by atoms with Gasteiger partial charge in [0.15, 0.2) is 0 Å². The van der Waals surface area contributed by atoms with E-state index in [2.05, 4.69) is 25.6 Å². The third-order valence-electron chi connectivity index (χ3n) is 2.48. The summed E-state index contributed by atoms with van der Waals surface area (Å²) < 4.78 is 4.41. The highest BCUT2D eigenvalue weighted by Crippen LogP contribution is 2.00. The number of nitrogens with zero attached hydrogens (tertiary/aromatic N) is 1. The Morgan fingerprint density at radius 2 is 2.25 bits per heavy atom. The Morgan fingerprint density at radius 3 is 2.80 bits per heavy atom. The van der Waals surface area contributed by atoms with E-state index in [4.69, 9.17) is 5.11 Å². The van der Waals surface area contributed by atoms with Gasteiger partial charge in [-0.05, 0) is 6.42 Å². The van der Waals surface area contributed by atoms with Crippen molar-refractivity contribution in [2.24, 2.45) is 0 Å². The fourth-order valence-electron chi connectivity index (χ4n) is 1.39. The van der Waals surface area contributed by atoms with Crippen molar-refractivity contribution in [3.05, 3.63) is 18.0 Å². The molecule has 20 heavy (non-hydrogen) atoms. The van der Waals surface area contributed by atoms with E-state index < -0.39 is 24.0 Å². The predicted molar refractivity (Wildman–Crippen MR) is 66.6 cm³/mol. The van der Waals surface area contributed by atoms with Crippen LogP contribution in [0.1, 0.15) is 18.4 Å². The van der Waals surface area contributed by atoms with E-state index in [0.717, 1.165) is 5.56 Å². The Balaban J connectivity index is 2.38. The van der Waals surface area contributed by atoms with Crippen LogP contribution in [0, 0.1) is 0 Å². The summed E-state index contributed by atoms with van der Waals surface area (Å²) in [5.41, 5.74) is 0.751. The molecular formula is C11H16N4O5. The molecule has 0 bridgehead atoms. The molecule has 1 aromatic heterocycles. The molecule has 0 aliphatic rings. The molecule has 0 saturated heterocycles.